The van der Waals surface area contributed by atoms with E-state index in [1.165, 1.54) is 0 Å². The summed E-state index contributed by atoms with van der Waals surface area (Å²) in [6.45, 7) is 0. The Morgan fingerprint density at radius 2 is 0.500 bits per heavy atom. The van der Waals surface area contributed by atoms with Crippen molar-refractivity contribution in [2.75, 3.05) is 0 Å². The van der Waals surface area contributed by atoms with Gasteiger partial charge in [-0.25, -0.2) is 0 Å². The summed E-state index contributed by atoms with van der Waals surface area (Å²) in [6, 6.07) is 0. The van der Waals surface area contributed by atoms with Crippen molar-refractivity contribution in [3.05, 3.63) is 21.6 Å². The Kier molecular flexibility index (Phi) is 491. The van der Waals surface area contributed by atoms with Crippen molar-refractivity contribution in [1.82, 2.24) is 0 Å². The Hall–Kier alpha value is -1.23. The van der Waals surface area contributed by atoms with Crippen LogP contribution in [0.4, 0.5) is 0 Å². The van der Waals surface area contributed by atoms with E-state index in [4.69, 9.17) is 40.8 Å². The van der Waals surface area contributed by atoms with Crippen LogP contribution in [-0.2, 0) is 58.1 Å². The van der Waals surface area contributed by atoms with Crippen LogP contribution in [0, 0.1) is 0 Å². The van der Waals surface area contributed by atoms with Gasteiger partial charge in [0.1, 0.15) is 0 Å². The fourth-order valence-corrected chi connectivity index (χ4v) is 0. The van der Waals surface area contributed by atoms with E-state index in [1.807, 2.05) is 0 Å². The van der Waals surface area contributed by atoms with Gasteiger partial charge in [0.05, 0.1) is 0 Å². The fourth-order valence-electron chi connectivity index (χ4n) is 0. The number of hydrogen-bond donors (Lipinski definition) is 0. The molecule has 14 heavy (non-hydrogen) atoms. The summed E-state index contributed by atoms with van der Waals surface area (Å²) in [5, 5.41) is 27.1. The Balaban J connectivity index is -0.0000000145. The van der Waals surface area contributed by atoms with Crippen LogP contribution in [0.25, 0.3) is 21.6 Å². The van der Waals surface area contributed by atoms with Crippen LogP contribution < -0.4 is 0 Å². The van der Waals surface area contributed by atoms with Crippen LogP contribution in [-0.4, -0.2) is 24.3 Å². The summed E-state index contributed by atoms with van der Waals surface area (Å²) in [7, 11) is 0. The van der Waals surface area contributed by atoms with Gasteiger partial charge in [0.2, 0.25) is 0 Å². The maximum Gasteiger partial charge on any atom is 2.00 e. The van der Waals surface area contributed by atoms with E-state index in [0.29, 0.717) is 24.3 Å². The van der Waals surface area contributed by atoms with Gasteiger partial charge in [-0.15, -0.1) is 0 Å². The molecule has 0 aliphatic carbocycles. The minimum absolute atomic E-state index is 0. The molecule has 0 bridgehead atoms. The van der Waals surface area contributed by atoms with Crippen LogP contribution in [0.2, 0.25) is 0 Å². The van der Waals surface area contributed by atoms with Crippen molar-refractivity contribution in [2.24, 2.45) is 0 Å². The average Bonchev–Trinajstić information content (AvgIpc) is 1.92. The number of rotatable bonds is 0. The second-order valence-corrected chi connectivity index (χ2v) is 0.365. The Morgan fingerprint density at radius 3 is 0.500 bits per heavy atom. The van der Waals surface area contributed by atoms with E-state index in [9.17, 15) is 0 Å². The zero-order chi connectivity index (χ0) is 10.8. The molecular weight excluding hydrogens is 299 g/mol. The van der Waals surface area contributed by atoms with Gasteiger partial charge in [-0.2, -0.15) is 0 Å². The van der Waals surface area contributed by atoms with E-state index >= 15 is 0 Å². The van der Waals surface area contributed by atoms with Crippen molar-refractivity contribution in [1.29, 1.82) is 0 Å². The van der Waals surface area contributed by atoms with Crippen LogP contribution in [0.5, 0.6) is 0 Å². The molecule has 0 amide bonds. The first-order valence-electron chi connectivity index (χ1n) is 1.71. The molecule has 8 nitrogen and oxygen atoms in total. The van der Waals surface area contributed by atoms with Gasteiger partial charge >= 0.3 is 39.0 Å². The van der Waals surface area contributed by atoms with Gasteiger partial charge in [0.15, 0.2) is 0 Å². The van der Waals surface area contributed by atoms with Gasteiger partial charge in [-0.1, -0.05) is 0 Å². The van der Waals surface area contributed by atoms with Crippen LogP contribution >= 0.6 is 0 Å². The predicted molar refractivity (Wildman–Crippen MR) is 36.2 cm³/mol. The van der Waals surface area contributed by atoms with Gasteiger partial charge in [-0.3, -0.25) is 19.2 Å². The normalized spacial score (nSPS) is 2.29. The molecule has 0 saturated carbocycles. The van der Waals surface area contributed by atoms with Gasteiger partial charge in [0.25, 0.3) is 0 Å². The molecule has 0 fully saturated rings. The van der Waals surface area contributed by atoms with E-state index in [1.54, 1.807) is 0 Å². The smallest absolute Gasteiger partial charge is 0.724 e. The molecule has 0 heterocycles. The summed E-state index contributed by atoms with van der Waals surface area (Å²) < 4.78 is 0. The van der Waals surface area contributed by atoms with E-state index in [2.05, 4.69) is 0 Å². The predicted octanol–water partition coefficient (Wildman–Crippen LogP) is -0.439. The second kappa shape index (κ2) is 178. The monoisotopic (exact) mass is 296 g/mol. The second-order valence-electron chi connectivity index (χ2n) is 0.365. The van der Waals surface area contributed by atoms with Crippen molar-refractivity contribution in [3.63, 3.8) is 0 Å². The molecule has 10 heteroatoms. The largest absolute Gasteiger partial charge is 2.00 e. The molecule has 0 saturated heterocycles. The molecule has 64 valence electrons. The number of isocyanates is 4. The Bertz CT molecular complexity index is 159. The minimum Gasteiger partial charge on any atom is -0.724 e. The molecule has 0 radical (unpaired) electrons. The van der Waals surface area contributed by atoms with E-state index in [-0.39, 0.29) is 39.0 Å². The molecule has 0 aliphatic rings. The Morgan fingerprint density at radius 1 is 0.500 bits per heavy atom. The van der Waals surface area contributed by atoms with Crippen LogP contribution in [0.3, 0.4) is 0 Å². The third-order valence-electron chi connectivity index (χ3n) is 0. The summed E-state index contributed by atoms with van der Waals surface area (Å²) in [4.78, 5) is 32.9. The zero-order valence-electron chi connectivity index (χ0n) is 6.84. The molecule has 0 spiro atoms. The Labute approximate surface area is 104 Å². The van der Waals surface area contributed by atoms with E-state index < -0.39 is 0 Å². The van der Waals surface area contributed by atoms with Crippen molar-refractivity contribution >= 4 is 24.3 Å². The molecule has 0 aromatic rings. The fraction of sp³-hybridized carbons (Fsp3) is 0. The number of nitrogens with zero attached hydrogens (tertiary/aromatic N) is 4. The molecule has 0 N–H and O–H groups in total. The van der Waals surface area contributed by atoms with Crippen LogP contribution in [0.1, 0.15) is 0 Å². The summed E-state index contributed by atoms with van der Waals surface area (Å²) in [6.07, 6.45) is 2.00. The SMILES string of the molecule is [N-]=C=O.[N-]=C=O.[N-]=C=O.[N-]=C=O.[Zn+2].[Zn+2]. The molecule has 0 rings (SSSR count). The first-order valence-corrected chi connectivity index (χ1v) is 1.71. The molecule has 0 atom stereocenters. The third-order valence-corrected chi connectivity index (χ3v) is 0. The molecular formula is C4N4O4Zn2. The maximum atomic E-state index is 8.24. The summed E-state index contributed by atoms with van der Waals surface area (Å²) >= 11 is 0. The molecule has 0 aliphatic heterocycles. The average molecular weight is 299 g/mol. The van der Waals surface area contributed by atoms with Gasteiger partial charge < -0.3 is 21.6 Å². The molecule has 0 aromatic carbocycles. The first kappa shape index (κ1) is 38.6. The van der Waals surface area contributed by atoms with Crippen LogP contribution in [0.15, 0.2) is 0 Å². The quantitative estimate of drug-likeness (QED) is 0.337. The first-order chi connectivity index (χ1) is 5.66. The zero-order valence-corrected chi connectivity index (χ0v) is 12.8. The topological polar surface area (TPSA) is 157 Å². The standard InChI is InChI=1S/4CNO.2Zn/c4*2-1-3;;/q4*-1;2*+2. The summed E-state index contributed by atoms with van der Waals surface area (Å²) in [5.74, 6) is 0. The minimum atomic E-state index is 0. The van der Waals surface area contributed by atoms with Crippen molar-refractivity contribution in [2.45, 2.75) is 0 Å². The third kappa shape index (κ3) is 675. The number of carbonyl (C=O) groups excluding carboxylic acids is 4. The molecule has 0 aromatic heterocycles. The number of hydrogen-bond acceptors (Lipinski definition) is 4. The summed E-state index contributed by atoms with van der Waals surface area (Å²) in [5.41, 5.74) is 0. The van der Waals surface area contributed by atoms with Crippen molar-refractivity contribution < 1.29 is 58.1 Å². The molecule has 0 unspecified atom stereocenters. The maximum absolute atomic E-state index is 8.24. The van der Waals surface area contributed by atoms with Gasteiger partial charge in [-0.05, 0) is 24.3 Å². The van der Waals surface area contributed by atoms with Gasteiger partial charge in [0, 0.05) is 0 Å². The van der Waals surface area contributed by atoms with Crippen molar-refractivity contribution in [3.8, 4) is 0 Å². The van der Waals surface area contributed by atoms with E-state index in [0.717, 1.165) is 0 Å².